The van der Waals surface area contributed by atoms with Crippen LogP contribution in [0.3, 0.4) is 0 Å². The average Bonchev–Trinajstić information content (AvgIpc) is 2.31. The van der Waals surface area contributed by atoms with Gasteiger partial charge in [0.05, 0.1) is 0 Å². The standard InChI is InChI=1S/C16H26N2O/c1-10(2)14(11(3)4)9-18-16(19)13-6-7-15(17)12(5)8-13/h6-8,10-11,14H,9,17H2,1-5H3,(H,18,19). The predicted molar refractivity (Wildman–Crippen MR) is 81.1 cm³/mol. The molecule has 1 aromatic rings. The maximum atomic E-state index is 12.1. The molecule has 0 aliphatic carbocycles. The molecular weight excluding hydrogens is 236 g/mol. The Balaban J connectivity index is 2.66. The summed E-state index contributed by atoms with van der Waals surface area (Å²) in [6.07, 6.45) is 0. The Kier molecular flexibility index (Phi) is 5.40. The summed E-state index contributed by atoms with van der Waals surface area (Å²) in [4.78, 5) is 12.1. The molecule has 19 heavy (non-hydrogen) atoms. The number of carbonyl (C=O) groups excluding carboxylic acids is 1. The number of aryl methyl sites for hydroxylation is 1. The number of nitrogens with two attached hydrogens (primary N) is 1. The van der Waals surface area contributed by atoms with Crippen LogP contribution in [-0.2, 0) is 0 Å². The van der Waals surface area contributed by atoms with Crippen LogP contribution >= 0.6 is 0 Å². The lowest BCUT2D eigenvalue weighted by atomic mass is 9.85. The van der Waals surface area contributed by atoms with Gasteiger partial charge in [0.2, 0.25) is 0 Å². The van der Waals surface area contributed by atoms with Crippen molar-refractivity contribution in [3.8, 4) is 0 Å². The molecule has 0 radical (unpaired) electrons. The van der Waals surface area contributed by atoms with Gasteiger partial charge in [0.1, 0.15) is 0 Å². The summed E-state index contributed by atoms with van der Waals surface area (Å²) in [5, 5.41) is 3.03. The summed E-state index contributed by atoms with van der Waals surface area (Å²) >= 11 is 0. The largest absolute Gasteiger partial charge is 0.399 e. The smallest absolute Gasteiger partial charge is 0.251 e. The normalized spacial score (nSPS) is 11.4. The van der Waals surface area contributed by atoms with Crippen molar-refractivity contribution in [2.24, 2.45) is 17.8 Å². The van der Waals surface area contributed by atoms with Crippen molar-refractivity contribution in [3.63, 3.8) is 0 Å². The Morgan fingerprint density at radius 1 is 1.21 bits per heavy atom. The molecule has 0 aliphatic heterocycles. The molecule has 0 unspecified atom stereocenters. The highest BCUT2D eigenvalue weighted by Gasteiger charge is 2.18. The zero-order valence-corrected chi connectivity index (χ0v) is 12.7. The summed E-state index contributed by atoms with van der Waals surface area (Å²) < 4.78 is 0. The van der Waals surface area contributed by atoms with Gasteiger partial charge in [-0.25, -0.2) is 0 Å². The summed E-state index contributed by atoms with van der Waals surface area (Å²) in [7, 11) is 0. The lowest BCUT2D eigenvalue weighted by molar-refractivity contribution is 0.0937. The molecule has 1 rings (SSSR count). The third kappa shape index (κ3) is 4.27. The van der Waals surface area contributed by atoms with Crippen LogP contribution in [0.5, 0.6) is 0 Å². The molecule has 106 valence electrons. The predicted octanol–water partition coefficient (Wildman–Crippen LogP) is 3.24. The molecule has 1 amide bonds. The molecule has 0 fully saturated rings. The van der Waals surface area contributed by atoms with E-state index in [2.05, 4.69) is 33.0 Å². The quantitative estimate of drug-likeness (QED) is 0.800. The van der Waals surface area contributed by atoms with Gasteiger partial charge >= 0.3 is 0 Å². The Labute approximate surface area is 116 Å². The van der Waals surface area contributed by atoms with Crippen molar-refractivity contribution in [1.29, 1.82) is 0 Å². The van der Waals surface area contributed by atoms with Crippen LogP contribution in [0, 0.1) is 24.7 Å². The van der Waals surface area contributed by atoms with Gasteiger partial charge in [0, 0.05) is 17.8 Å². The van der Waals surface area contributed by atoms with Crippen LogP contribution in [-0.4, -0.2) is 12.5 Å². The Morgan fingerprint density at radius 2 is 1.79 bits per heavy atom. The first-order valence-corrected chi connectivity index (χ1v) is 6.97. The van der Waals surface area contributed by atoms with E-state index in [1.54, 1.807) is 12.1 Å². The number of benzene rings is 1. The van der Waals surface area contributed by atoms with Gasteiger partial charge in [-0.2, -0.15) is 0 Å². The minimum Gasteiger partial charge on any atom is -0.399 e. The van der Waals surface area contributed by atoms with E-state index in [1.807, 2.05) is 13.0 Å². The maximum absolute atomic E-state index is 12.1. The minimum absolute atomic E-state index is 0.0191. The van der Waals surface area contributed by atoms with E-state index in [0.29, 0.717) is 23.3 Å². The van der Waals surface area contributed by atoms with Crippen molar-refractivity contribution in [1.82, 2.24) is 5.32 Å². The molecule has 3 heteroatoms. The van der Waals surface area contributed by atoms with E-state index in [4.69, 9.17) is 5.73 Å². The molecule has 0 bridgehead atoms. The zero-order chi connectivity index (χ0) is 14.6. The van der Waals surface area contributed by atoms with Crippen molar-refractivity contribution in [2.45, 2.75) is 34.6 Å². The SMILES string of the molecule is Cc1cc(C(=O)NCC(C(C)C)C(C)C)ccc1N. The lowest BCUT2D eigenvalue weighted by Crippen LogP contribution is -2.33. The fourth-order valence-electron chi connectivity index (χ4n) is 2.37. The summed E-state index contributed by atoms with van der Waals surface area (Å²) in [6.45, 7) is 11.4. The van der Waals surface area contributed by atoms with E-state index in [1.165, 1.54) is 0 Å². The number of carbonyl (C=O) groups is 1. The molecule has 0 saturated carbocycles. The highest BCUT2D eigenvalue weighted by atomic mass is 16.1. The number of nitrogens with one attached hydrogen (secondary N) is 1. The molecule has 0 aliphatic rings. The number of anilines is 1. The van der Waals surface area contributed by atoms with Crippen LogP contribution in [0.2, 0.25) is 0 Å². The van der Waals surface area contributed by atoms with E-state index in [9.17, 15) is 4.79 Å². The van der Waals surface area contributed by atoms with Crippen LogP contribution in [0.4, 0.5) is 5.69 Å². The average molecular weight is 262 g/mol. The van der Waals surface area contributed by atoms with Crippen molar-refractivity contribution in [2.75, 3.05) is 12.3 Å². The van der Waals surface area contributed by atoms with E-state index in [0.717, 1.165) is 17.8 Å². The van der Waals surface area contributed by atoms with E-state index < -0.39 is 0 Å². The summed E-state index contributed by atoms with van der Waals surface area (Å²) in [6, 6.07) is 5.40. The number of rotatable bonds is 5. The van der Waals surface area contributed by atoms with Crippen LogP contribution in [0.25, 0.3) is 0 Å². The van der Waals surface area contributed by atoms with Crippen molar-refractivity contribution in [3.05, 3.63) is 29.3 Å². The molecular formula is C16H26N2O. The second kappa shape index (κ2) is 6.60. The molecule has 0 spiro atoms. The minimum atomic E-state index is -0.0191. The molecule has 0 saturated heterocycles. The Morgan fingerprint density at radius 3 is 2.26 bits per heavy atom. The third-order valence-electron chi connectivity index (χ3n) is 3.74. The van der Waals surface area contributed by atoms with Gasteiger partial charge in [-0.15, -0.1) is 0 Å². The van der Waals surface area contributed by atoms with E-state index >= 15 is 0 Å². The Bertz CT molecular complexity index is 430. The van der Waals surface area contributed by atoms with Crippen molar-refractivity contribution >= 4 is 11.6 Å². The van der Waals surface area contributed by atoms with Crippen LogP contribution in [0.15, 0.2) is 18.2 Å². The molecule has 3 nitrogen and oxygen atoms in total. The summed E-state index contributed by atoms with van der Waals surface area (Å²) in [5.74, 6) is 1.61. The van der Waals surface area contributed by atoms with Crippen LogP contribution in [0.1, 0.15) is 43.6 Å². The second-order valence-electron chi connectivity index (χ2n) is 5.93. The highest BCUT2D eigenvalue weighted by Crippen LogP contribution is 2.19. The van der Waals surface area contributed by atoms with Gasteiger partial charge in [-0.3, -0.25) is 4.79 Å². The molecule has 0 aromatic heterocycles. The first-order valence-electron chi connectivity index (χ1n) is 6.97. The van der Waals surface area contributed by atoms with Gasteiger partial charge in [0.15, 0.2) is 0 Å². The third-order valence-corrected chi connectivity index (χ3v) is 3.74. The van der Waals surface area contributed by atoms with Crippen LogP contribution < -0.4 is 11.1 Å². The summed E-state index contributed by atoms with van der Waals surface area (Å²) in [5.41, 5.74) is 8.10. The van der Waals surface area contributed by atoms with Gasteiger partial charge in [-0.1, -0.05) is 27.7 Å². The number of hydrogen-bond donors (Lipinski definition) is 2. The molecule has 0 atom stereocenters. The second-order valence-corrected chi connectivity index (χ2v) is 5.93. The topological polar surface area (TPSA) is 55.1 Å². The maximum Gasteiger partial charge on any atom is 0.251 e. The zero-order valence-electron chi connectivity index (χ0n) is 12.7. The lowest BCUT2D eigenvalue weighted by Gasteiger charge is -2.25. The number of nitrogen functional groups attached to an aromatic ring is 1. The fraction of sp³-hybridized carbons (Fsp3) is 0.562. The molecule has 1 aromatic carbocycles. The van der Waals surface area contributed by atoms with Gasteiger partial charge < -0.3 is 11.1 Å². The first kappa shape index (κ1) is 15.5. The molecule has 0 heterocycles. The first-order chi connectivity index (χ1) is 8.82. The van der Waals surface area contributed by atoms with Crippen molar-refractivity contribution < 1.29 is 4.79 Å². The number of amides is 1. The van der Waals surface area contributed by atoms with E-state index in [-0.39, 0.29) is 5.91 Å². The fourth-order valence-corrected chi connectivity index (χ4v) is 2.37. The Hall–Kier alpha value is -1.51. The monoisotopic (exact) mass is 262 g/mol. The highest BCUT2D eigenvalue weighted by molar-refractivity contribution is 5.94. The van der Waals surface area contributed by atoms with Gasteiger partial charge in [-0.05, 0) is 48.4 Å². The number of hydrogen-bond acceptors (Lipinski definition) is 2. The molecule has 3 N–H and O–H groups in total. The van der Waals surface area contributed by atoms with Gasteiger partial charge in [0.25, 0.3) is 5.91 Å².